The molecule has 6 heteroatoms. The van der Waals surface area contributed by atoms with E-state index >= 15 is 0 Å². The number of urea groups is 1. The number of rotatable bonds is 7. The van der Waals surface area contributed by atoms with Crippen molar-refractivity contribution in [1.82, 2.24) is 5.32 Å². The zero-order valence-corrected chi connectivity index (χ0v) is 15.2. The first-order valence-corrected chi connectivity index (χ1v) is 8.33. The number of nitrogens with one attached hydrogen (secondary N) is 2. The minimum absolute atomic E-state index is 0.0705. The van der Waals surface area contributed by atoms with Gasteiger partial charge in [0.15, 0.2) is 0 Å². The van der Waals surface area contributed by atoms with E-state index < -0.39 is 5.60 Å². The van der Waals surface area contributed by atoms with Crippen LogP contribution < -0.4 is 10.6 Å². The molecule has 1 aromatic carbocycles. The van der Waals surface area contributed by atoms with Crippen LogP contribution in [0, 0.1) is 13.8 Å². The van der Waals surface area contributed by atoms with Gasteiger partial charge in [-0.15, -0.1) is 0 Å². The van der Waals surface area contributed by atoms with Crippen molar-refractivity contribution in [2.24, 2.45) is 0 Å². The Hall–Kier alpha value is -2.31. The number of aliphatic hydroxyl groups is 1. The molecule has 0 saturated carbocycles. The summed E-state index contributed by atoms with van der Waals surface area (Å²) in [7, 11) is 0. The van der Waals surface area contributed by atoms with Crippen molar-refractivity contribution in [3.63, 3.8) is 0 Å². The molecule has 0 aliphatic rings. The lowest BCUT2D eigenvalue weighted by molar-refractivity contribution is 0.0584. The Balaban J connectivity index is 1.88. The normalized spacial score (nSPS) is 13.3. The Kier molecular flexibility index (Phi) is 6.22. The average molecular weight is 346 g/mol. The molecule has 0 aliphatic carbocycles. The van der Waals surface area contributed by atoms with Crippen molar-refractivity contribution in [3.8, 4) is 0 Å². The first kappa shape index (κ1) is 19.0. The van der Waals surface area contributed by atoms with E-state index in [9.17, 15) is 9.90 Å². The molecular weight excluding hydrogens is 320 g/mol. The molecule has 1 heterocycles. The summed E-state index contributed by atoms with van der Waals surface area (Å²) in [6.07, 6.45) is 0. The van der Waals surface area contributed by atoms with Gasteiger partial charge in [-0.2, -0.15) is 0 Å². The molecule has 0 aliphatic heterocycles. The average Bonchev–Trinajstić information content (AvgIpc) is 2.92. The quantitative estimate of drug-likeness (QED) is 0.717. The molecule has 25 heavy (non-hydrogen) atoms. The maximum absolute atomic E-state index is 12.1. The van der Waals surface area contributed by atoms with Gasteiger partial charge >= 0.3 is 6.03 Å². The van der Waals surface area contributed by atoms with Gasteiger partial charge in [0.2, 0.25) is 0 Å². The van der Waals surface area contributed by atoms with Gasteiger partial charge in [-0.3, -0.25) is 0 Å². The predicted octanol–water partition coefficient (Wildman–Crippen LogP) is 3.46. The molecule has 0 spiro atoms. The molecule has 0 radical (unpaired) electrons. The van der Waals surface area contributed by atoms with Crippen LogP contribution in [-0.4, -0.2) is 24.3 Å². The van der Waals surface area contributed by atoms with E-state index in [4.69, 9.17) is 9.15 Å². The Morgan fingerprint density at radius 3 is 2.52 bits per heavy atom. The maximum Gasteiger partial charge on any atom is 0.319 e. The summed E-state index contributed by atoms with van der Waals surface area (Å²) in [5.74, 6) is 1.37. The smallest absolute Gasteiger partial charge is 0.319 e. The number of anilines is 1. The highest BCUT2D eigenvalue weighted by Crippen LogP contribution is 2.26. The van der Waals surface area contributed by atoms with Crippen molar-refractivity contribution >= 4 is 11.7 Å². The van der Waals surface area contributed by atoms with Crippen LogP contribution in [0.15, 0.2) is 34.7 Å². The van der Waals surface area contributed by atoms with Crippen molar-refractivity contribution in [3.05, 3.63) is 53.0 Å². The number of amides is 2. The summed E-state index contributed by atoms with van der Waals surface area (Å²) < 4.78 is 10.8. The van der Waals surface area contributed by atoms with E-state index in [2.05, 4.69) is 10.6 Å². The van der Waals surface area contributed by atoms with Crippen LogP contribution in [-0.2, 0) is 16.9 Å². The largest absolute Gasteiger partial charge is 0.466 e. The number of hydrogen-bond donors (Lipinski definition) is 3. The monoisotopic (exact) mass is 346 g/mol. The Labute approximate surface area is 148 Å². The minimum atomic E-state index is -1.21. The van der Waals surface area contributed by atoms with Gasteiger partial charge in [-0.25, -0.2) is 4.79 Å². The third-order valence-corrected chi connectivity index (χ3v) is 3.90. The van der Waals surface area contributed by atoms with Crippen LogP contribution in [0.1, 0.15) is 36.5 Å². The van der Waals surface area contributed by atoms with E-state index in [1.165, 1.54) is 0 Å². The maximum atomic E-state index is 12.1. The SMILES string of the molecule is CCOCc1ccc(NC(=O)NCC(C)(O)c2cc(C)oc2C)cc1. The zero-order chi connectivity index (χ0) is 18.4. The summed E-state index contributed by atoms with van der Waals surface area (Å²) in [5.41, 5.74) is 1.18. The summed E-state index contributed by atoms with van der Waals surface area (Å²) in [4.78, 5) is 12.1. The summed E-state index contributed by atoms with van der Waals surface area (Å²) in [6, 6.07) is 8.84. The lowest BCUT2D eigenvalue weighted by Gasteiger charge is -2.23. The Bertz CT molecular complexity index is 705. The fraction of sp³-hybridized carbons (Fsp3) is 0.421. The lowest BCUT2D eigenvalue weighted by atomic mass is 9.96. The van der Waals surface area contributed by atoms with Crippen LogP contribution in [0.25, 0.3) is 0 Å². The van der Waals surface area contributed by atoms with Gasteiger partial charge in [0.25, 0.3) is 0 Å². The number of aryl methyl sites for hydroxylation is 2. The van der Waals surface area contributed by atoms with Crippen LogP contribution >= 0.6 is 0 Å². The van der Waals surface area contributed by atoms with E-state index in [0.717, 1.165) is 11.3 Å². The minimum Gasteiger partial charge on any atom is -0.466 e. The molecule has 1 unspecified atom stereocenters. The van der Waals surface area contributed by atoms with Crippen LogP contribution in [0.2, 0.25) is 0 Å². The van der Waals surface area contributed by atoms with Gasteiger partial charge in [0.05, 0.1) is 13.2 Å². The van der Waals surface area contributed by atoms with Gasteiger partial charge < -0.3 is 24.9 Å². The van der Waals surface area contributed by atoms with Gasteiger partial charge in [-0.05, 0) is 51.5 Å². The zero-order valence-electron chi connectivity index (χ0n) is 15.2. The molecule has 1 aromatic heterocycles. The van der Waals surface area contributed by atoms with Crippen molar-refractivity contribution in [2.75, 3.05) is 18.5 Å². The van der Waals surface area contributed by atoms with E-state index in [1.807, 2.05) is 38.1 Å². The Morgan fingerprint density at radius 2 is 1.96 bits per heavy atom. The molecule has 2 amide bonds. The molecular formula is C19H26N2O4. The van der Waals surface area contributed by atoms with E-state index in [1.54, 1.807) is 19.9 Å². The molecule has 1 atom stereocenters. The second-order valence-electron chi connectivity index (χ2n) is 6.24. The van der Waals surface area contributed by atoms with Crippen LogP contribution in [0.3, 0.4) is 0 Å². The first-order valence-electron chi connectivity index (χ1n) is 8.33. The third-order valence-electron chi connectivity index (χ3n) is 3.90. The molecule has 2 rings (SSSR count). The summed E-state index contributed by atoms with van der Waals surface area (Å²) >= 11 is 0. The molecule has 0 bridgehead atoms. The number of carbonyl (C=O) groups is 1. The van der Waals surface area contributed by atoms with Crippen LogP contribution in [0.4, 0.5) is 10.5 Å². The van der Waals surface area contributed by atoms with Gasteiger partial charge in [-0.1, -0.05) is 12.1 Å². The number of furan rings is 1. The predicted molar refractivity (Wildman–Crippen MR) is 96.5 cm³/mol. The van der Waals surface area contributed by atoms with E-state index in [-0.39, 0.29) is 12.6 Å². The Morgan fingerprint density at radius 1 is 1.28 bits per heavy atom. The number of carbonyl (C=O) groups excluding carboxylic acids is 1. The second kappa shape index (κ2) is 8.18. The van der Waals surface area contributed by atoms with Gasteiger partial charge in [0.1, 0.15) is 17.1 Å². The standard InChI is InChI=1S/C19H26N2O4/c1-5-24-11-15-6-8-16(9-7-15)21-18(22)20-12-19(4,23)17-10-13(2)25-14(17)3/h6-10,23H,5,11-12H2,1-4H3,(H2,20,21,22). The molecule has 2 aromatic rings. The molecule has 0 fully saturated rings. The fourth-order valence-corrected chi connectivity index (χ4v) is 2.59. The fourth-order valence-electron chi connectivity index (χ4n) is 2.59. The summed E-state index contributed by atoms with van der Waals surface area (Å²) in [6.45, 7) is 8.49. The van der Waals surface area contributed by atoms with E-state index in [0.29, 0.717) is 30.2 Å². The first-order chi connectivity index (χ1) is 11.8. The van der Waals surface area contributed by atoms with Crippen molar-refractivity contribution < 1.29 is 19.1 Å². The molecule has 6 nitrogen and oxygen atoms in total. The number of ether oxygens (including phenoxy) is 1. The molecule has 0 saturated heterocycles. The number of hydrogen-bond acceptors (Lipinski definition) is 4. The van der Waals surface area contributed by atoms with Gasteiger partial charge in [0, 0.05) is 17.9 Å². The molecule has 136 valence electrons. The third kappa shape index (κ3) is 5.34. The highest BCUT2D eigenvalue weighted by molar-refractivity contribution is 5.89. The second-order valence-corrected chi connectivity index (χ2v) is 6.24. The summed E-state index contributed by atoms with van der Waals surface area (Å²) in [5, 5.41) is 16.0. The van der Waals surface area contributed by atoms with Crippen molar-refractivity contribution in [2.45, 2.75) is 39.9 Å². The lowest BCUT2D eigenvalue weighted by Crippen LogP contribution is -2.40. The topological polar surface area (TPSA) is 83.7 Å². The highest BCUT2D eigenvalue weighted by Gasteiger charge is 2.28. The van der Waals surface area contributed by atoms with Crippen molar-refractivity contribution in [1.29, 1.82) is 0 Å². The van der Waals surface area contributed by atoms with Crippen LogP contribution in [0.5, 0.6) is 0 Å². The molecule has 3 N–H and O–H groups in total. The number of benzene rings is 1. The highest BCUT2D eigenvalue weighted by atomic mass is 16.5.